The minimum absolute atomic E-state index is 0.0898. The Bertz CT molecular complexity index is 639. The Hall–Kier alpha value is -1.82. The molecule has 0 spiro atoms. The quantitative estimate of drug-likeness (QED) is 0.786. The Kier molecular flexibility index (Phi) is 4.19. The molecule has 0 radical (unpaired) electrons. The molecule has 4 nitrogen and oxygen atoms in total. The molecule has 2 aliphatic rings. The van der Waals surface area contributed by atoms with Gasteiger partial charge >= 0.3 is 0 Å². The molecule has 0 unspecified atom stereocenters. The monoisotopic (exact) mass is 322 g/mol. The summed E-state index contributed by atoms with van der Waals surface area (Å²) in [6, 6.07) is 3.04. The molecule has 124 valence electrons. The lowest BCUT2D eigenvalue weighted by Crippen LogP contribution is -2.52. The molecule has 3 atom stereocenters. The van der Waals surface area contributed by atoms with Crippen molar-refractivity contribution >= 4 is 17.5 Å². The van der Waals surface area contributed by atoms with Crippen LogP contribution in [0.1, 0.15) is 39.5 Å². The molecule has 2 fully saturated rings. The molecule has 2 saturated heterocycles. The van der Waals surface area contributed by atoms with E-state index in [0.717, 1.165) is 36.3 Å². The highest BCUT2D eigenvalue weighted by Gasteiger charge is 2.46. The van der Waals surface area contributed by atoms with Crippen molar-refractivity contribution in [3.63, 3.8) is 0 Å². The summed E-state index contributed by atoms with van der Waals surface area (Å²) < 4.78 is 26.5. The van der Waals surface area contributed by atoms with Crippen LogP contribution in [-0.4, -0.2) is 34.8 Å². The van der Waals surface area contributed by atoms with Crippen LogP contribution < -0.4 is 4.90 Å². The van der Waals surface area contributed by atoms with Gasteiger partial charge in [0, 0.05) is 18.2 Å². The lowest BCUT2D eigenvalue weighted by molar-refractivity contribution is -0.124. The van der Waals surface area contributed by atoms with Crippen LogP contribution in [0, 0.1) is 11.6 Å². The van der Waals surface area contributed by atoms with Crippen molar-refractivity contribution in [3.05, 3.63) is 29.8 Å². The van der Waals surface area contributed by atoms with Crippen molar-refractivity contribution in [2.45, 2.75) is 57.7 Å². The van der Waals surface area contributed by atoms with Gasteiger partial charge in [0.25, 0.3) is 5.91 Å². The Morgan fingerprint density at radius 3 is 2.30 bits per heavy atom. The predicted molar refractivity (Wildman–Crippen MR) is 81.9 cm³/mol. The largest absolute Gasteiger partial charge is 0.286 e. The third kappa shape index (κ3) is 2.76. The molecule has 0 bridgehead atoms. The maximum Gasteiger partial charge on any atom is 0.251 e. The smallest absolute Gasteiger partial charge is 0.251 e. The van der Waals surface area contributed by atoms with E-state index in [4.69, 9.17) is 0 Å². The number of hydrogen-bond acceptors (Lipinski definition) is 3. The number of rotatable bonds is 2. The molecule has 1 aromatic carbocycles. The molecular weight excluding hydrogens is 302 g/mol. The number of halogens is 2. The Morgan fingerprint density at radius 2 is 1.70 bits per heavy atom. The zero-order chi connectivity index (χ0) is 16.7. The molecule has 0 saturated carbocycles. The Balaban J connectivity index is 1.89. The molecule has 6 heteroatoms. The van der Waals surface area contributed by atoms with E-state index in [1.54, 1.807) is 0 Å². The van der Waals surface area contributed by atoms with Crippen LogP contribution in [0.3, 0.4) is 0 Å². The molecule has 3 rings (SSSR count). The number of anilines is 1. The van der Waals surface area contributed by atoms with Gasteiger partial charge in [0.05, 0.1) is 18.2 Å². The van der Waals surface area contributed by atoms with Gasteiger partial charge in [-0.3, -0.25) is 14.5 Å². The van der Waals surface area contributed by atoms with Gasteiger partial charge in [0.2, 0.25) is 5.91 Å². The molecule has 2 heterocycles. The number of nitrogens with zero attached hydrogens (tertiary/aromatic N) is 2. The zero-order valence-corrected chi connectivity index (χ0v) is 13.3. The van der Waals surface area contributed by atoms with Crippen molar-refractivity contribution < 1.29 is 18.4 Å². The van der Waals surface area contributed by atoms with Crippen molar-refractivity contribution in [3.8, 4) is 0 Å². The number of piperidine rings is 1. The molecular formula is C17H20F2N2O2. The van der Waals surface area contributed by atoms with Crippen molar-refractivity contribution in [1.29, 1.82) is 0 Å². The number of imide groups is 1. The summed E-state index contributed by atoms with van der Waals surface area (Å²) in [5.74, 6) is -2.77. The minimum atomic E-state index is -1.06. The minimum Gasteiger partial charge on any atom is -0.286 e. The lowest BCUT2D eigenvalue weighted by Gasteiger charge is -2.41. The van der Waals surface area contributed by atoms with E-state index >= 15 is 0 Å². The van der Waals surface area contributed by atoms with E-state index in [0.29, 0.717) is 0 Å². The first-order chi connectivity index (χ1) is 10.9. The molecule has 23 heavy (non-hydrogen) atoms. The van der Waals surface area contributed by atoms with Gasteiger partial charge in [-0.15, -0.1) is 0 Å². The zero-order valence-electron chi connectivity index (χ0n) is 13.3. The van der Waals surface area contributed by atoms with Crippen LogP contribution in [0.2, 0.25) is 0 Å². The maximum atomic E-state index is 13.4. The van der Waals surface area contributed by atoms with E-state index in [1.165, 1.54) is 6.07 Å². The first-order valence-corrected chi connectivity index (χ1v) is 7.99. The van der Waals surface area contributed by atoms with Crippen LogP contribution in [-0.2, 0) is 9.59 Å². The standard InChI is InChI=1S/C17H20F2N2O2/c1-10-4-3-5-11(2)20(10)15-9-16(22)21(17(15)23)12-6-7-13(18)14(19)8-12/h6-8,10-11,15H,3-5,9H2,1-2H3/t10-,11-,15+/m0/s1. The van der Waals surface area contributed by atoms with E-state index < -0.39 is 17.7 Å². The lowest BCUT2D eigenvalue weighted by atomic mass is 9.94. The number of hydrogen-bond donors (Lipinski definition) is 0. The average Bonchev–Trinajstić information content (AvgIpc) is 2.77. The Labute approximate surface area is 134 Å². The summed E-state index contributed by atoms with van der Waals surface area (Å²) >= 11 is 0. The number of carbonyl (C=O) groups excluding carboxylic acids is 2. The van der Waals surface area contributed by atoms with Gasteiger partial charge in [-0.1, -0.05) is 6.42 Å². The normalized spacial score (nSPS) is 29.4. The summed E-state index contributed by atoms with van der Waals surface area (Å²) in [6.07, 6.45) is 3.19. The predicted octanol–water partition coefficient (Wildman–Crippen LogP) is 2.86. The van der Waals surface area contributed by atoms with Crippen LogP contribution in [0.5, 0.6) is 0 Å². The fourth-order valence-electron chi connectivity index (χ4n) is 3.80. The first kappa shape index (κ1) is 16.1. The second kappa shape index (κ2) is 6.00. The molecule has 0 aromatic heterocycles. The summed E-state index contributed by atoms with van der Waals surface area (Å²) in [6.45, 7) is 4.13. The Morgan fingerprint density at radius 1 is 1.04 bits per heavy atom. The summed E-state index contributed by atoms with van der Waals surface area (Å²) in [4.78, 5) is 28.1. The van der Waals surface area contributed by atoms with Crippen LogP contribution >= 0.6 is 0 Å². The van der Waals surface area contributed by atoms with Gasteiger partial charge in [0.1, 0.15) is 0 Å². The molecule has 2 aliphatic heterocycles. The molecule has 0 aliphatic carbocycles. The van der Waals surface area contributed by atoms with Gasteiger partial charge in [-0.2, -0.15) is 0 Å². The summed E-state index contributed by atoms with van der Waals surface area (Å²) in [5.41, 5.74) is 0.0960. The number of benzene rings is 1. The van der Waals surface area contributed by atoms with Gasteiger partial charge in [-0.05, 0) is 38.8 Å². The third-order valence-electron chi connectivity index (χ3n) is 4.91. The van der Waals surface area contributed by atoms with Gasteiger partial charge in [-0.25, -0.2) is 13.7 Å². The van der Waals surface area contributed by atoms with Crippen LogP contribution in [0.25, 0.3) is 0 Å². The molecule has 1 aromatic rings. The highest BCUT2D eigenvalue weighted by atomic mass is 19.2. The van der Waals surface area contributed by atoms with Crippen molar-refractivity contribution in [2.75, 3.05) is 4.90 Å². The molecule has 2 amide bonds. The van der Waals surface area contributed by atoms with E-state index in [9.17, 15) is 18.4 Å². The van der Waals surface area contributed by atoms with Gasteiger partial charge in [0.15, 0.2) is 11.6 Å². The SMILES string of the molecule is C[C@H]1CCC[C@H](C)N1[C@@H]1CC(=O)N(c2ccc(F)c(F)c2)C1=O. The molecule has 0 N–H and O–H groups in total. The number of carbonyl (C=O) groups is 2. The highest BCUT2D eigenvalue weighted by Crippen LogP contribution is 2.32. The van der Waals surface area contributed by atoms with Crippen molar-refractivity contribution in [1.82, 2.24) is 4.90 Å². The van der Waals surface area contributed by atoms with E-state index in [-0.39, 0.29) is 36.0 Å². The second-order valence-corrected chi connectivity index (χ2v) is 6.46. The van der Waals surface area contributed by atoms with Crippen molar-refractivity contribution in [2.24, 2.45) is 0 Å². The van der Waals surface area contributed by atoms with E-state index in [2.05, 4.69) is 18.7 Å². The summed E-state index contributed by atoms with van der Waals surface area (Å²) in [5, 5.41) is 0. The number of likely N-dealkylation sites (tertiary alicyclic amines) is 1. The number of amides is 2. The fourth-order valence-corrected chi connectivity index (χ4v) is 3.80. The summed E-state index contributed by atoms with van der Waals surface area (Å²) in [7, 11) is 0. The van der Waals surface area contributed by atoms with Gasteiger partial charge < -0.3 is 0 Å². The first-order valence-electron chi connectivity index (χ1n) is 7.99. The topological polar surface area (TPSA) is 40.6 Å². The second-order valence-electron chi connectivity index (χ2n) is 6.46. The van der Waals surface area contributed by atoms with Crippen LogP contribution in [0.4, 0.5) is 14.5 Å². The van der Waals surface area contributed by atoms with E-state index in [1.807, 2.05) is 0 Å². The maximum absolute atomic E-state index is 13.4. The fraction of sp³-hybridized carbons (Fsp3) is 0.529. The highest BCUT2D eigenvalue weighted by molar-refractivity contribution is 6.22. The average molecular weight is 322 g/mol. The van der Waals surface area contributed by atoms with Crippen LogP contribution in [0.15, 0.2) is 18.2 Å². The third-order valence-corrected chi connectivity index (χ3v) is 4.91.